The van der Waals surface area contributed by atoms with Crippen molar-refractivity contribution in [2.24, 2.45) is 0 Å². The van der Waals surface area contributed by atoms with Gasteiger partial charge in [0.15, 0.2) is 0 Å². The number of aliphatic hydroxyl groups excluding tert-OH is 1. The maximum absolute atomic E-state index is 10.3. The van der Waals surface area contributed by atoms with Crippen LogP contribution in [0.25, 0.3) is 0 Å². The highest BCUT2D eigenvalue weighted by Gasteiger charge is 2.17. The maximum Gasteiger partial charge on any atom is 0.0991 e. The summed E-state index contributed by atoms with van der Waals surface area (Å²) in [5, 5.41) is 21.1. The van der Waals surface area contributed by atoms with E-state index in [9.17, 15) is 5.11 Å². The van der Waals surface area contributed by atoms with E-state index in [-0.39, 0.29) is 6.04 Å². The monoisotopic (exact) mass is 286 g/mol. The average Bonchev–Trinajstić information content (AvgIpc) is 3.00. The van der Waals surface area contributed by atoms with Crippen molar-refractivity contribution in [3.05, 3.63) is 57.8 Å². The van der Waals surface area contributed by atoms with Gasteiger partial charge < -0.3 is 5.11 Å². The molecule has 0 aliphatic heterocycles. The lowest BCUT2D eigenvalue weighted by atomic mass is 10.1. The Morgan fingerprint density at radius 2 is 2.00 bits per heavy atom. The Balaban J connectivity index is 1.99. The molecule has 0 saturated heterocycles. The minimum Gasteiger partial charge on any atom is -0.387 e. The van der Waals surface area contributed by atoms with Crippen molar-refractivity contribution in [3.8, 4) is 6.07 Å². The van der Waals surface area contributed by atoms with Gasteiger partial charge in [0, 0.05) is 17.5 Å². The number of thiophene rings is 1. The molecule has 20 heavy (non-hydrogen) atoms. The van der Waals surface area contributed by atoms with E-state index in [2.05, 4.69) is 29.3 Å². The van der Waals surface area contributed by atoms with Gasteiger partial charge in [0.25, 0.3) is 0 Å². The van der Waals surface area contributed by atoms with Gasteiger partial charge in [0.2, 0.25) is 0 Å². The molecule has 2 aromatic rings. The summed E-state index contributed by atoms with van der Waals surface area (Å²) in [5.74, 6) is 0. The maximum atomic E-state index is 10.3. The molecule has 0 amide bonds. The molecule has 2 unspecified atom stereocenters. The van der Waals surface area contributed by atoms with Crippen LogP contribution in [0.1, 0.15) is 35.1 Å². The molecule has 1 heterocycles. The Hall–Kier alpha value is -1.67. The smallest absolute Gasteiger partial charge is 0.0991 e. The molecule has 1 aromatic carbocycles. The van der Waals surface area contributed by atoms with Crippen molar-refractivity contribution < 1.29 is 5.11 Å². The summed E-state index contributed by atoms with van der Waals surface area (Å²) >= 11 is 1.73. The summed E-state index contributed by atoms with van der Waals surface area (Å²) in [6, 6.07) is 13.6. The number of benzene rings is 1. The molecule has 1 aromatic heterocycles. The van der Waals surface area contributed by atoms with Gasteiger partial charge in [-0.05, 0) is 43.1 Å². The van der Waals surface area contributed by atoms with E-state index >= 15 is 0 Å². The summed E-state index contributed by atoms with van der Waals surface area (Å²) < 4.78 is 0. The van der Waals surface area contributed by atoms with Crippen LogP contribution in [0.3, 0.4) is 0 Å². The highest BCUT2D eigenvalue weighted by Crippen LogP contribution is 2.25. The summed E-state index contributed by atoms with van der Waals surface area (Å²) in [6.45, 7) is 2.70. The zero-order valence-corrected chi connectivity index (χ0v) is 12.5. The molecule has 0 saturated carbocycles. The van der Waals surface area contributed by atoms with Crippen molar-refractivity contribution in [2.45, 2.75) is 19.1 Å². The molecule has 3 nitrogen and oxygen atoms in total. The third kappa shape index (κ3) is 3.45. The molecular weight excluding hydrogens is 268 g/mol. The van der Waals surface area contributed by atoms with Crippen LogP contribution in [-0.4, -0.2) is 23.6 Å². The molecule has 104 valence electrons. The van der Waals surface area contributed by atoms with Gasteiger partial charge in [0.1, 0.15) is 0 Å². The molecule has 0 aliphatic rings. The Bertz CT molecular complexity index is 572. The van der Waals surface area contributed by atoms with Crippen LogP contribution >= 0.6 is 11.3 Å². The third-order valence-electron chi connectivity index (χ3n) is 3.50. The Kier molecular flexibility index (Phi) is 4.91. The van der Waals surface area contributed by atoms with Gasteiger partial charge in [-0.25, -0.2) is 0 Å². The molecule has 0 spiro atoms. The second kappa shape index (κ2) is 6.67. The van der Waals surface area contributed by atoms with Crippen molar-refractivity contribution >= 4 is 11.3 Å². The topological polar surface area (TPSA) is 47.3 Å². The van der Waals surface area contributed by atoms with E-state index in [0.717, 1.165) is 5.56 Å². The Morgan fingerprint density at radius 3 is 2.55 bits per heavy atom. The first-order valence-electron chi connectivity index (χ1n) is 6.53. The fraction of sp³-hybridized carbons (Fsp3) is 0.312. The van der Waals surface area contributed by atoms with E-state index in [1.165, 1.54) is 4.88 Å². The molecule has 2 rings (SSSR count). The minimum absolute atomic E-state index is 0.281. The summed E-state index contributed by atoms with van der Waals surface area (Å²) in [7, 11) is 2.01. The molecule has 0 fully saturated rings. The highest BCUT2D eigenvalue weighted by atomic mass is 32.1. The van der Waals surface area contributed by atoms with Crippen molar-refractivity contribution in [1.82, 2.24) is 4.90 Å². The Labute approximate surface area is 123 Å². The number of likely N-dealkylation sites (N-methyl/N-ethyl adjacent to an activating group) is 1. The lowest BCUT2D eigenvalue weighted by molar-refractivity contribution is 0.109. The number of rotatable bonds is 5. The van der Waals surface area contributed by atoms with Crippen molar-refractivity contribution in [3.63, 3.8) is 0 Å². The fourth-order valence-corrected chi connectivity index (χ4v) is 2.91. The number of nitriles is 1. The third-order valence-corrected chi connectivity index (χ3v) is 4.54. The quantitative estimate of drug-likeness (QED) is 0.917. The van der Waals surface area contributed by atoms with Crippen molar-refractivity contribution in [1.29, 1.82) is 5.26 Å². The van der Waals surface area contributed by atoms with E-state index in [1.807, 2.05) is 25.2 Å². The van der Waals surface area contributed by atoms with Crippen LogP contribution in [0.2, 0.25) is 0 Å². The van der Waals surface area contributed by atoms with Crippen LogP contribution in [0.15, 0.2) is 41.8 Å². The molecule has 2 atom stereocenters. The van der Waals surface area contributed by atoms with Crippen LogP contribution in [-0.2, 0) is 0 Å². The molecule has 0 aliphatic carbocycles. The lowest BCUT2D eigenvalue weighted by Crippen LogP contribution is -2.27. The second-order valence-corrected chi connectivity index (χ2v) is 5.86. The van der Waals surface area contributed by atoms with Gasteiger partial charge in [-0.3, -0.25) is 4.90 Å². The predicted molar refractivity (Wildman–Crippen MR) is 81.5 cm³/mol. The van der Waals surface area contributed by atoms with Gasteiger partial charge in [-0.1, -0.05) is 18.2 Å². The van der Waals surface area contributed by atoms with E-state index in [1.54, 1.807) is 23.5 Å². The number of hydrogen-bond acceptors (Lipinski definition) is 4. The number of aliphatic hydroxyl groups is 1. The van der Waals surface area contributed by atoms with Gasteiger partial charge in [-0.2, -0.15) is 5.26 Å². The molecule has 1 N–H and O–H groups in total. The molecular formula is C16H18N2OS. The van der Waals surface area contributed by atoms with Gasteiger partial charge in [-0.15, -0.1) is 11.3 Å². The summed E-state index contributed by atoms with van der Waals surface area (Å²) in [5.41, 5.74) is 1.45. The Morgan fingerprint density at radius 1 is 1.30 bits per heavy atom. The zero-order chi connectivity index (χ0) is 14.5. The zero-order valence-electron chi connectivity index (χ0n) is 11.7. The highest BCUT2D eigenvalue weighted by molar-refractivity contribution is 7.10. The van der Waals surface area contributed by atoms with Gasteiger partial charge >= 0.3 is 0 Å². The second-order valence-electron chi connectivity index (χ2n) is 4.88. The summed E-state index contributed by atoms with van der Waals surface area (Å²) in [6.07, 6.45) is -0.546. The molecule has 4 heteroatoms. The number of hydrogen-bond donors (Lipinski definition) is 1. The predicted octanol–water partition coefficient (Wildman–Crippen LogP) is 3.35. The lowest BCUT2D eigenvalue weighted by Gasteiger charge is -2.26. The van der Waals surface area contributed by atoms with Crippen molar-refractivity contribution in [2.75, 3.05) is 13.6 Å². The van der Waals surface area contributed by atoms with Crippen LogP contribution in [0.4, 0.5) is 0 Å². The fourth-order valence-electron chi connectivity index (χ4n) is 2.06. The summed E-state index contributed by atoms with van der Waals surface area (Å²) in [4.78, 5) is 3.42. The van der Waals surface area contributed by atoms with Crippen LogP contribution in [0, 0.1) is 11.3 Å². The average molecular weight is 286 g/mol. The standard InChI is InChI=1S/C16H18N2OS/c1-12(16-4-3-9-20-16)18(2)11-15(19)14-7-5-13(10-17)6-8-14/h3-9,12,15,19H,11H2,1-2H3. The SMILES string of the molecule is CC(c1cccs1)N(C)CC(O)c1ccc(C#N)cc1. The first-order valence-corrected chi connectivity index (χ1v) is 7.41. The first kappa shape index (κ1) is 14.7. The van der Waals surface area contributed by atoms with E-state index < -0.39 is 6.10 Å². The van der Waals surface area contributed by atoms with Gasteiger partial charge in [0.05, 0.1) is 17.7 Å². The molecule has 0 radical (unpaired) electrons. The van der Waals surface area contributed by atoms with E-state index in [0.29, 0.717) is 12.1 Å². The molecule has 0 bridgehead atoms. The van der Waals surface area contributed by atoms with Crippen LogP contribution < -0.4 is 0 Å². The first-order chi connectivity index (χ1) is 9.61. The number of nitrogens with zero attached hydrogens (tertiary/aromatic N) is 2. The normalized spacial score (nSPS) is 13.9. The largest absolute Gasteiger partial charge is 0.387 e. The minimum atomic E-state index is -0.546. The van der Waals surface area contributed by atoms with E-state index in [4.69, 9.17) is 5.26 Å². The van der Waals surface area contributed by atoms with Crippen LogP contribution in [0.5, 0.6) is 0 Å².